The Hall–Kier alpha value is -1.88. The van der Waals surface area contributed by atoms with Gasteiger partial charge in [0.25, 0.3) is 5.91 Å². The van der Waals surface area contributed by atoms with Gasteiger partial charge in [-0.15, -0.1) is 0 Å². The minimum Gasteiger partial charge on any atom is -0.480 e. The minimum atomic E-state index is -1.35. The van der Waals surface area contributed by atoms with Gasteiger partial charge in [0.05, 0.1) is 0 Å². The lowest BCUT2D eigenvalue weighted by Crippen LogP contribution is -2.46. The number of aliphatic hydroxyl groups is 1. The fourth-order valence-electron chi connectivity index (χ4n) is 1.70. The summed E-state index contributed by atoms with van der Waals surface area (Å²) in [6.07, 6.45) is -0.731. The molecule has 1 aromatic carbocycles. The third-order valence-electron chi connectivity index (χ3n) is 3.14. The van der Waals surface area contributed by atoms with Gasteiger partial charge >= 0.3 is 5.97 Å². The van der Waals surface area contributed by atoms with Crippen molar-refractivity contribution in [2.24, 2.45) is 5.92 Å². The largest absolute Gasteiger partial charge is 0.480 e. The van der Waals surface area contributed by atoms with Crippen LogP contribution in [0.4, 0.5) is 0 Å². The van der Waals surface area contributed by atoms with E-state index in [4.69, 9.17) is 5.11 Å². The van der Waals surface area contributed by atoms with E-state index >= 15 is 0 Å². The molecule has 0 radical (unpaired) electrons. The number of carbonyl (C=O) groups excluding carboxylic acids is 1. The van der Waals surface area contributed by atoms with E-state index in [1.165, 1.54) is 0 Å². The number of hydrogen-bond donors (Lipinski definition) is 3. The molecule has 1 amide bonds. The Kier molecular flexibility index (Phi) is 5.51. The number of carboxylic acid groups (broad SMARTS) is 1. The average Bonchev–Trinajstić information content (AvgIpc) is 2.43. The minimum absolute atomic E-state index is 0.204. The van der Waals surface area contributed by atoms with Crippen molar-refractivity contribution in [2.45, 2.75) is 32.4 Å². The topological polar surface area (TPSA) is 86.6 Å². The van der Waals surface area contributed by atoms with Crippen LogP contribution in [0.5, 0.6) is 0 Å². The van der Waals surface area contributed by atoms with Crippen molar-refractivity contribution in [3.63, 3.8) is 0 Å². The summed E-state index contributed by atoms with van der Waals surface area (Å²) in [7, 11) is 0. The number of benzene rings is 1. The highest BCUT2D eigenvalue weighted by molar-refractivity contribution is 5.87. The van der Waals surface area contributed by atoms with Gasteiger partial charge < -0.3 is 15.5 Å². The summed E-state index contributed by atoms with van der Waals surface area (Å²) in [5.41, 5.74) is 0.438. The number of nitrogens with one attached hydrogen (secondary N) is 1. The van der Waals surface area contributed by atoms with E-state index in [1.54, 1.807) is 37.3 Å². The molecule has 0 unspecified atom stereocenters. The standard InChI is InChI=1S/C14H19NO4/c1-3-9(2)11(14(18)19)15-13(17)12(16)10-7-5-4-6-8-10/h4-9,11-12,16H,3H2,1-2H3,(H,15,17)(H,18,19)/t9-,11-,12-/m0/s1. The molecule has 0 spiro atoms. The number of hydrogen-bond acceptors (Lipinski definition) is 3. The van der Waals surface area contributed by atoms with Gasteiger partial charge in [-0.2, -0.15) is 0 Å². The van der Waals surface area contributed by atoms with Crippen LogP contribution >= 0.6 is 0 Å². The van der Waals surface area contributed by atoms with Crippen molar-refractivity contribution >= 4 is 11.9 Å². The summed E-state index contributed by atoms with van der Waals surface area (Å²) in [5.74, 6) is -1.99. The molecule has 0 saturated heterocycles. The van der Waals surface area contributed by atoms with E-state index in [0.29, 0.717) is 12.0 Å². The van der Waals surface area contributed by atoms with Crippen molar-refractivity contribution in [1.29, 1.82) is 0 Å². The average molecular weight is 265 g/mol. The maximum Gasteiger partial charge on any atom is 0.326 e. The number of amides is 1. The lowest BCUT2D eigenvalue weighted by molar-refractivity contribution is -0.145. The molecule has 5 heteroatoms. The molecule has 3 atom stereocenters. The van der Waals surface area contributed by atoms with E-state index in [1.807, 2.05) is 6.92 Å². The van der Waals surface area contributed by atoms with Gasteiger partial charge in [-0.25, -0.2) is 4.79 Å². The maximum atomic E-state index is 11.9. The molecule has 0 aliphatic rings. The van der Waals surface area contributed by atoms with Crippen LogP contribution in [-0.4, -0.2) is 28.1 Å². The van der Waals surface area contributed by atoms with Gasteiger partial charge in [0.15, 0.2) is 6.10 Å². The van der Waals surface area contributed by atoms with Crippen LogP contribution in [-0.2, 0) is 9.59 Å². The molecule has 0 aliphatic carbocycles. The van der Waals surface area contributed by atoms with Crippen LogP contribution in [0.2, 0.25) is 0 Å². The van der Waals surface area contributed by atoms with E-state index in [2.05, 4.69) is 5.32 Å². The molecule has 0 aromatic heterocycles. The first-order valence-corrected chi connectivity index (χ1v) is 6.23. The highest BCUT2D eigenvalue weighted by Gasteiger charge is 2.28. The molecular weight excluding hydrogens is 246 g/mol. The Labute approximate surface area is 112 Å². The van der Waals surface area contributed by atoms with Crippen molar-refractivity contribution in [3.05, 3.63) is 35.9 Å². The predicted octanol–water partition coefficient (Wildman–Crippen LogP) is 1.34. The number of carbonyl (C=O) groups is 2. The summed E-state index contributed by atoms with van der Waals surface area (Å²) in [6.45, 7) is 3.59. The molecule has 0 saturated carbocycles. The third kappa shape index (κ3) is 4.06. The van der Waals surface area contributed by atoms with Crippen LogP contribution in [0.15, 0.2) is 30.3 Å². The third-order valence-corrected chi connectivity index (χ3v) is 3.14. The van der Waals surface area contributed by atoms with E-state index in [-0.39, 0.29) is 5.92 Å². The van der Waals surface area contributed by atoms with Crippen LogP contribution in [0, 0.1) is 5.92 Å². The van der Waals surface area contributed by atoms with E-state index < -0.39 is 24.0 Å². The summed E-state index contributed by atoms with van der Waals surface area (Å²) >= 11 is 0. The molecular formula is C14H19NO4. The van der Waals surface area contributed by atoms with Crippen molar-refractivity contribution in [2.75, 3.05) is 0 Å². The highest BCUT2D eigenvalue weighted by Crippen LogP contribution is 2.14. The van der Waals surface area contributed by atoms with Crippen LogP contribution in [0.1, 0.15) is 31.9 Å². The number of aliphatic carboxylic acids is 1. The molecule has 0 bridgehead atoms. The maximum absolute atomic E-state index is 11.9. The normalized spacial score (nSPS) is 15.3. The molecule has 1 rings (SSSR count). The van der Waals surface area contributed by atoms with E-state index in [9.17, 15) is 14.7 Å². The van der Waals surface area contributed by atoms with Gasteiger partial charge in [-0.1, -0.05) is 50.6 Å². The van der Waals surface area contributed by atoms with Gasteiger partial charge in [0.1, 0.15) is 6.04 Å². The van der Waals surface area contributed by atoms with Crippen molar-refractivity contribution in [3.8, 4) is 0 Å². The summed E-state index contributed by atoms with van der Waals surface area (Å²) in [6, 6.07) is 7.42. The Morgan fingerprint density at radius 3 is 2.32 bits per heavy atom. The molecule has 5 nitrogen and oxygen atoms in total. The lowest BCUT2D eigenvalue weighted by Gasteiger charge is -2.21. The first-order valence-electron chi connectivity index (χ1n) is 6.23. The van der Waals surface area contributed by atoms with Crippen LogP contribution in [0.25, 0.3) is 0 Å². The second kappa shape index (κ2) is 6.89. The zero-order chi connectivity index (χ0) is 14.4. The molecule has 0 aliphatic heterocycles. The van der Waals surface area contributed by atoms with Gasteiger partial charge in [-0.05, 0) is 11.5 Å². The smallest absolute Gasteiger partial charge is 0.326 e. The second-order valence-electron chi connectivity index (χ2n) is 4.52. The molecule has 19 heavy (non-hydrogen) atoms. The quantitative estimate of drug-likeness (QED) is 0.724. The Morgan fingerprint density at radius 1 is 1.26 bits per heavy atom. The fraction of sp³-hybridized carbons (Fsp3) is 0.429. The van der Waals surface area contributed by atoms with Crippen LogP contribution in [0.3, 0.4) is 0 Å². The first kappa shape index (κ1) is 15.2. The highest BCUT2D eigenvalue weighted by atomic mass is 16.4. The first-order chi connectivity index (χ1) is 8.97. The summed E-state index contributed by atoms with van der Waals surface area (Å²) < 4.78 is 0. The van der Waals surface area contributed by atoms with Gasteiger partial charge in [0, 0.05) is 0 Å². The predicted molar refractivity (Wildman–Crippen MR) is 70.4 cm³/mol. The van der Waals surface area contributed by atoms with Crippen LogP contribution < -0.4 is 5.32 Å². The molecule has 104 valence electrons. The zero-order valence-electron chi connectivity index (χ0n) is 11.0. The molecule has 0 heterocycles. The number of carboxylic acids is 1. The van der Waals surface area contributed by atoms with Crippen molar-refractivity contribution < 1.29 is 19.8 Å². The summed E-state index contributed by atoms with van der Waals surface area (Å²) in [4.78, 5) is 23.0. The van der Waals surface area contributed by atoms with Gasteiger partial charge in [0.2, 0.25) is 0 Å². The Morgan fingerprint density at radius 2 is 1.84 bits per heavy atom. The molecule has 3 N–H and O–H groups in total. The Bertz CT molecular complexity index is 432. The number of rotatable bonds is 6. The van der Waals surface area contributed by atoms with Gasteiger partial charge in [-0.3, -0.25) is 4.79 Å². The lowest BCUT2D eigenvalue weighted by atomic mass is 9.98. The SMILES string of the molecule is CC[C@H](C)[C@H](NC(=O)[C@@H](O)c1ccccc1)C(=O)O. The zero-order valence-corrected chi connectivity index (χ0v) is 11.0. The molecule has 1 aromatic rings. The molecule has 0 fully saturated rings. The number of aliphatic hydroxyl groups excluding tert-OH is 1. The summed E-state index contributed by atoms with van der Waals surface area (Å²) in [5, 5.41) is 21.3. The fourth-order valence-corrected chi connectivity index (χ4v) is 1.70. The second-order valence-corrected chi connectivity index (χ2v) is 4.52. The van der Waals surface area contributed by atoms with E-state index in [0.717, 1.165) is 0 Å². The Balaban J connectivity index is 2.75. The monoisotopic (exact) mass is 265 g/mol. The van der Waals surface area contributed by atoms with Crippen molar-refractivity contribution in [1.82, 2.24) is 5.32 Å².